The SMILES string of the molecule is C=C/C=C\N=CC.Cc1c(F)cccc1-c1nc(-c2ccccc2)nc(-c2ccccc2)n1. The Hall–Kier alpha value is -4.25. The molecule has 0 atom stereocenters. The summed E-state index contributed by atoms with van der Waals surface area (Å²) < 4.78 is 14.0. The van der Waals surface area contributed by atoms with E-state index in [0.717, 1.165) is 11.1 Å². The van der Waals surface area contributed by atoms with Crippen LogP contribution in [0.15, 0.2) is 109 Å². The average Bonchev–Trinajstić information content (AvgIpc) is 2.87. The standard InChI is InChI=1S/C22H16FN3.C6H9N/c1-15-18(13-8-14-19(15)23)22-25-20(16-9-4-2-5-10-16)24-21(26-22)17-11-6-3-7-12-17;1-3-5-6-7-4-2/h2-14H,1H3;3-6H,1H2,2H3/b;6-5-,7-4?. The van der Waals surface area contributed by atoms with Gasteiger partial charge in [0.2, 0.25) is 0 Å². The monoisotopic (exact) mass is 436 g/mol. The highest BCUT2D eigenvalue weighted by Crippen LogP contribution is 2.27. The summed E-state index contributed by atoms with van der Waals surface area (Å²) in [4.78, 5) is 17.6. The van der Waals surface area contributed by atoms with E-state index in [-0.39, 0.29) is 5.82 Å². The van der Waals surface area contributed by atoms with Crippen LogP contribution >= 0.6 is 0 Å². The van der Waals surface area contributed by atoms with E-state index in [9.17, 15) is 4.39 Å². The van der Waals surface area contributed by atoms with Crippen LogP contribution in [0.5, 0.6) is 0 Å². The molecule has 0 bridgehead atoms. The minimum Gasteiger partial charge on any atom is -0.269 e. The topological polar surface area (TPSA) is 51.0 Å². The molecule has 0 fully saturated rings. The smallest absolute Gasteiger partial charge is 0.164 e. The van der Waals surface area contributed by atoms with Crippen LogP contribution in [0.1, 0.15) is 12.5 Å². The van der Waals surface area contributed by atoms with Crippen molar-refractivity contribution in [3.8, 4) is 34.2 Å². The molecule has 164 valence electrons. The zero-order chi connectivity index (χ0) is 23.5. The second kappa shape index (κ2) is 12.0. The lowest BCUT2D eigenvalue weighted by molar-refractivity contribution is 0.619. The lowest BCUT2D eigenvalue weighted by Gasteiger charge is -2.10. The predicted molar refractivity (Wildman–Crippen MR) is 134 cm³/mol. The fourth-order valence-corrected chi connectivity index (χ4v) is 2.98. The number of allylic oxidation sites excluding steroid dienone is 2. The maximum Gasteiger partial charge on any atom is 0.164 e. The van der Waals surface area contributed by atoms with Crippen LogP contribution in [-0.2, 0) is 0 Å². The van der Waals surface area contributed by atoms with Gasteiger partial charge in [0.25, 0.3) is 0 Å². The summed E-state index contributed by atoms with van der Waals surface area (Å²) >= 11 is 0. The molecule has 0 aliphatic carbocycles. The Kier molecular flexibility index (Phi) is 8.48. The van der Waals surface area contributed by atoms with Crippen LogP contribution < -0.4 is 0 Å². The molecule has 4 aromatic rings. The van der Waals surface area contributed by atoms with Gasteiger partial charge in [-0.1, -0.05) is 85.5 Å². The Morgan fingerprint density at radius 3 is 1.82 bits per heavy atom. The molecule has 1 heterocycles. The van der Waals surface area contributed by atoms with Crippen molar-refractivity contribution in [2.75, 3.05) is 0 Å². The molecule has 3 aromatic carbocycles. The van der Waals surface area contributed by atoms with E-state index < -0.39 is 0 Å². The molecule has 0 amide bonds. The third-order valence-electron chi connectivity index (χ3n) is 4.67. The van der Waals surface area contributed by atoms with Gasteiger partial charge in [0.05, 0.1) is 0 Å². The molecule has 0 N–H and O–H groups in total. The Bertz CT molecular complexity index is 1190. The highest BCUT2D eigenvalue weighted by Gasteiger charge is 2.14. The summed E-state index contributed by atoms with van der Waals surface area (Å²) in [6.45, 7) is 7.08. The van der Waals surface area contributed by atoms with E-state index in [1.807, 2.05) is 73.7 Å². The molecular weight excluding hydrogens is 411 g/mol. The number of rotatable bonds is 5. The van der Waals surface area contributed by atoms with Crippen molar-refractivity contribution in [1.82, 2.24) is 15.0 Å². The van der Waals surface area contributed by atoms with E-state index in [0.29, 0.717) is 28.6 Å². The summed E-state index contributed by atoms with van der Waals surface area (Å²) in [6, 6.07) is 24.4. The maximum atomic E-state index is 14.0. The second-order valence-electron chi connectivity index (χ2n) is 6.94. The van der Waals surface area contributed by atoms with Gasteiger partial charge >= 0.3 is 0 Å². The van der Waals surface area contributed by atoms with E-state index in [1.54, 1.807) is 37.6 Å². The molecule has 0 aliphatic heterocycles. The number of benzene rings is 3. The quantitative estimate of drug-likeness (QED) is 0.248. The van der Waals surface area contributed by atoms with Gasteiger partial charge in [-0.25, -0.2) is 19.3 Å². The number of aliphatic imine (C=N–C) groups is 1. The summed E-state index contributed by atoms with van der Waals surface area (Å²) in [5.74, 6) is 1.33. The third-order valence-corrected chi connectivity index (χ3v) is 4.67. The van der Waals surface area contributed by atoms with E-state index in [4.69, 9.17) is 0 Å². The van der Waals surface area contributed by atoms with Crippen molar-refractivity contribution in [1.29, 1.82) is 0 Å². The van der Waals surface area contributed by atoms with Crippen LogP contribution in [0.2, 0.25) is 0 Å². The summed E-state index contributed by atoms with van der Waals surface area (Å²) in [6.07, 6.45) is 6.88. The van der Waals surface area contributed by atoms with Gasteiger partial charge < -0.3 is 0 Å². The molecule has 1 aromatic heterocycles. The number of halogens is 1. The number of nitrogens with zero attached hydrogens (tertiary/aromatic N) is 4. The van der Waals surface area contributed by atoms with Gasteiger partial charge in [0.15, 0.2) is 17.5 Å². The van der Waals surface area contributed by atoms with Gasteiger partial charge in [-0.3, -0.25) is 4.99 Å². The van der Waals surface area contributed by atoms with Crippen LogP contribution in [0, 0.1) is 12.7 Å². The fraction of sp³-hybridized carbons (Fsp3) is 0.0714. The first kappa shape index (κ1) is 23.4. The normalized spacial score (nSPS) is 10.8. The van der Waals surface area contributed by atoms with Gasteiger partial charge in [-0.05, 0) is 31.6 Å². The Morgan fingerprint density at radius 2 is 1.30 bits per heavy atom. The van der Waals surface area contributed by atoms with E-state index in [1.165, 1.54) is 6.07 Å². The fourth-order valence-electron chi connectivity index (χ4n) is 2.98. The molecule has 0 unspecified atom stereocenters. The van der Waals surface area contributed by atoms with Crippen molar-refractivity contribution in [2.24, 2.45) is 4.99 Å². The Labute approximate surface area is 194 Å². The Morgan fingerprint density at radius 1 is 0.758 bits per heavy atom. The molecule has 5 heteroatoms. The molecule has 0 radical (unpaired) electrons. The van der Waals surface area contributed by atoms with E-state index >= 15 is 0 Å². The zero-order valence-electron chi connectivity index (χ0n) is 18.7. The van der Waals surface area contributed by atoms with Crippen LogP contribution in [0.4, 0.5) is 4.39 Å². The maximum absolute atomic E-state index is 14.0. The second-order valence-corrected chi connectivity index (χ2v) is 6.94. The molecule has 4 nitrogen and oxygen atoms in total. The first-order valence-corrected chi connectivity index (χ1v) is 10.5. The molecule has 4 rings (SSSR count). The Balaban J connectivity index is 0.000000383. The highest BCUT2D eigenvalue weighted by molar-refractivity contribution is 5.68. The average molecular weight is 437 g/mol. The zero-order valence-corrected chi connectivity index (χ0v) is 18.7. The lowest BCUT2D eigenvalue weighted by atomic mass is 10.1. The first-order valence-electron chi connectivity index (χ1n) is 10.5. The van der Waals surface area contributed by atoms with Gasteiger partial charge in [-0.2, -0.15) is 0 Å². The van der Waals surface area contributed by atoms with E-state index in [2.05, 4.69) is 26.5 Å². The molecule has 0 spiro atoms. The van der Waals surface area contributed by atoms with Crippen molar-refractivity contribution in [2.45, 2.75) is 13.8 Å². The van der Waals surface area contributed by atoms with Crippen molar-refractivity contribution < 1.29 is 4.39 Å². The molecule has 0 saturated carbocycles. The minimum atomic E-state index is -0.273. The molecule has 0 aliphatic rings. The van der Waals surface area contributed by atoms with Gasteiger partial charge in [0, 0.05) is 29.1 Å². The number of hydrogen-bond donors (Lipinski definition) is 0. The number of hydrogen-bond acceptors (Lipinski definition) is 4. The van der Waals surface area contributed by atoms with Gasteiger partial charge in [0.1, 0.15) is 5.82 Å². The number of aromatic nitrogens is 3. The first-order chi connectivity index (χ1) is 16.1. The van der Waals surface area contributed by atoms with Crippen molar-refractivity contribution >= 4 is 6.21 Å². The highest BCUT2D eigenvalue weighted by atomic mass is 19.1. The molecule has 0 saturated heterocycles. The summed E-state index contributed by atoms with van der Waals surface area (Å²) in [5, 5.41) is 0. The third kappa shape index (κ3) is 6.37. The summed E-state index contributed by atoms with van der Waals surface area (Å²) in [7, 11) is 0. The van der Waals surface area contributed by atoms with Gasteiger partial charge in [-0.15, -0.1) is 0 Å². The predicted octanol–water partition coefficient (Wildman–Crippen LogP) is 7.10. The van der Waals surface area contributed by atoms with Crippen molar-refractivity contribution in [3.63, 3.8) is 0 Å². The van der Waals surface area contributed by atoms with Crippen LogP contribution in [-0.4, -0.2) is 21.2 Å². The largest absolute Gasteiger partial charge is 0.269 e. The minimum absolute atomic E-state index is 0.273. The summed E-state index contributed by atoms with van der Waals surface area (Å²) in [5.41, 5.74) is 2.98. The van der Waals surface area contributed by atoms with Crippen molar-refractivity contribution in [3.05, 3.63) is 115 Å². The van der Waals surface area contributed by atoms with Crippen LogP contribution in [0.3, 0.4) is 0 Å². The molecule has 33 heavy (non-hydrogen) atoms. The molecular formula is C28H25FN4. The van der Waals surface area contributed by atoms with Crippen LogP contribution in [0.25, 0.3) is 34.2 Å². The lowest BCUT2D eigenvalue weighted by Crippen LogP contribution is -2.01.